The first kappa shape index (κ1) is 19.6. The standard InChI is InChI=1S/C22H28F3N3S/c23-22(24,25)18-2-1-3-19(13-18)26-21(29)28-6-4-27(5-7-28)20-16-9-14-8-15(11-16)12-17(20)10-14/h1-3,13-17,20H,4-12H2,(H,26,29). The van der Waals surface area contributed by atoms with Gasteiger partial charge in [0.1, 0.15) is 0 Å². The van der Waals surface area contributed by atoms with E-state index in [-0.39, 0.29) is 0 Å². The normalized spacial score (nSPS) is 34.4. The van der Waals surface area contributed by atoms with Gasteiger partial charge in [0, 0.05) is 37.9 Å². The second-order valence-corrected chi connectivity index (χ2v) is 9.84. The van der Waals surface area contributed by atoms with E-state index in [9.17, 15) is 13.2 Å². The third-order valence-electron chi connectivity index (χ3n) is 7.64. The number of benzene rings is 1. The van der Waals surface area contributed by atoms with E-state index in [2.05, 4.69) is 15.1 Å². The van der Waals surface area contributed by atoms with E-state index in [1.165, 1.54) is 38.2 Å². The van der Waals surface area contributed by atoms with E-state index in [0.717, 1.165) is 68.0 Å². The summed E-state index contributed by atoms with van der Waals surface area (Å²) in [6.45, 7) is 3.68. The van der Waals surface area contributed by atoms with Crippen LogP contribution in [-0.4, -0.2) is 47.1 Å². The van der Waals surface area contributed by atoms with Crippen LogP contribution in [0.2, 0.25) is 0 Å². The highest BCUT2D eigenvalue weighted by Gasteiger charge is 2.50. The molecule has 7 heteroatoms. The van der Waals surface area contributed by atoms with Crippen molar-refractivity contribution in [1.29, 1.82) is 0 Å². The highest BCUT2D eigenvalue weighted by Crippen LogP contribution is 2.55. The lowest BCUT2D eigenvalue weighted by atomic mass is 9.54. The average Bonchev–Trinajstić information content (AvgIpc) is 2.67. The lowest BCUT2D eigenvalue weighted by molar-refractivity contribution is -0.137. The van der Waals surface area contributed by atoms with Gasteiger partial charge in [-0.3, -0.25) is 4.90 Å². The number of nitrogens with one attached hydrogen (secondary N) is 1. The number of piperazine rings is 1. The van der Waals surface area contributed by atoms with Gasteiger partial charge in [0.25, 0.3) is 0 Å². The quantitative estimate of drug-likeness (QED) is 0.686. The van der Waals surface area contributed by atoms with E-state index in [1.54, 1.807) is 6.07 Å². The largest absolute Gasteiger partial charge is 0.416 e. The number of halogens is 3. The molecule has 1 heterocycles. The first-order valence-corrected chi connectivity index (χ1v) is 11.2. The molecule has 4 saturated carbocycles. The Hall–Kier alpha value is -1.34. The molecule has 5 aliphatic rings. The van der Waals surface area contributed by atoms with Crippen LogP contribution in [0.15, 0.2) is 24.3 Å². The summed E-state index contributed by atoms with van der Waals surface area (Å²) >= 11 is 5.50. The maximum atomic E-state index is 12.9. The number of thiocarbonyl (C=S) groups is 1. The highest BCUT2D eigenvalue weighted by atomic mass is 32.1. The Balaban J connectivity index is 1.18. The molecule has 6 rings (SSSR count). The van der Waals surface area contributed by atoms with Crippen molar-refractivity contribution in [3.8, 4) is 0 Å². The molecule has 0 radical (unpaired) electrons. The lowest BCUT2D eigenvalue weighted by Gasteiger charge is -2.58. The van der Waals surface area contributed by atoms with Crippen molar-refractivity contribution < 1.29 is 13.2 Å². The summed E-state index contributed by atoms with van der Waals surface area (Å²) in [5.74, 6) is 3.74. The Morgan fingerprint density at radius 2 is 1.55 bits per heavy atom. The molecule has 4 bridgehead atoms. The molecule has 4 aliphatic carbocycles. The Labute approximate surface area is 175 Å². The third-order valence-corrected chi connectivity index (χ3v) is 8.00. The third kappa shape index (κ3) is 3.88. The van der Waals surface area contributed by atoms with Gasteiger partial charge in [-0.2, -0.15) is 13.2 Å². The van der Waals surface area contributed by atoms with Gasteiger partial charge in [-0.15, -0.1) is 0 Å². The molecule has 1 aromatic rings. The van der Waals surface area contributed by atoms with E-state index >= 15 is 0 Å². The van der Waals surface area contributed by atoms with Crippen molar-refractivity contribution in [1.82, 2.24) is 9.80 Å². The Kier molecular flexibility index (Phi) is 5.01. The maximum Gasteiger partial charge on any atom is 0.416 e. The summed E-state index contributed by atoms with van der Waals surface area (Å²) in [7, 11) is 0. The topological polar surface area (TPSA) is 18.5 Å². The van der Waals surface area contributed by atoms with Crippen molar-refractivity contribution in [2.45, 2.75) is 44.3 Å². The maximum absolute atomic E-state index is 12.9. The summed E-state index contributed by atoms with van der Waals surface area (Å²) in [6, 6.07) is 5.99. The number of alkyl halides is 3. The Bertz CT molecular complexity index is 745. The second-order valence-electron chi connectivity index (χ2n) is 9.45. The molecule has 0 aromatic heterocycles. The molecule has 0 amide bonds. The van der Waals surface area contributed by atoms with Crippen LogP contribution in [0, 0.1) is 23.7 Å². The number of hydrogen-bond acceptors (Lipinski definition) is 2. The number of nitrogens with zero attached hydrogens (tertiary/aromatic N) is 2. The molecule has 3 nitrogen and oxygen atoms in total. The van der Waals surface area contributed by atoms with Crippen molar-refractivity contribution >= 4 is 23.0 Å². The van der Waals surface area contributed by atoms with Crippen molar-refractivity contribution in [3.05, 3.63) is 29.8 Å². The van der Waals surface area contributed by atoms with Crippen LogP contribution in [-0.2, 0) is 6.18 Å². The molecule has 5 fully saturated rings. The Morgan fingerprint density at radius 1 is 0.931 bits per heavy atom. The minimum absolute atomic E-state index is 0.397. The van der Waals surface area contributed by atoms with Crippen LogP contribution in [0.25, 0.3) is 0 Å². The molecule has 0 atom stereocenters. The first-order chi connectivity index (χ1) is 13.9. The van der Waals surface area contributed by atoms with Crippen LogP contribution >= 0.6 is 12.2 Å². The minimum Gasteiger partial charge on any atom is -0.346 e. The minimum atomic E-state index is -4.34. The van der Waals surface area contributed by atoms with Gasteiger partial charge in [0.15, 0.2) is 5.11 Å². The molecular formula is C22H28F3N3S. The first-order valence-electron chi connectivity index (χ1n) is 10.8. The van der Waals surface area contributed by atoms with Gasteiger partial charge >= 0.3 is 6.18 Å². The van der Waals surface area contributed by atoms with E-state index in [1.807, 2.05) is 0 Å². The molecule has 158 valence electrons. The summed E-state index contributed by atoms with van der Waals surface area (Å²) in [5, 5.41) is 3.53. The molecule has 1 saturated heterocycles. The molecule has 1 aliphatic heterocycles. The fourth-order valence-electron chi connectivity index (χ4n) is 6.69. The molecule has 1 N–H and O–H groups in total. The molecule has 0 unspecified atom stereocenters. The van der Waals surface area contributed by atoms with E-state index in [4.69, 9.17) is 12.2 Å². The van der Waals surface area contributed by atoms with Gasteiger partial charge in [-0.05, 0) is 86.2 Å². The van der Waals surface area contributed by atoms with E-state index < -0.39 is 11.7 Å². The van der Waals surface area contributed by atoms with Crippen LogP contribution in [0.3, 0.4) is 0 Å². The van der Waals surface area contributed by atoms with Crippen LogP contribution in [0.1, 0.15) is 37.7 Å². The van der Waals surface area contributed by atoms with Crippen molar-refractivity contribution in [2.75, 3.05) is 31.5 Å². The fraction of sp³-hybridized carbons (Fsp3) is 0.682. The van der Waals surface area contributed by atoms with Crippen molar-refractivity contribution in [2.24, 2.45) is 23.7 Å². The van der Waals surface area contributed by atoms with Crippen molar-refractivity contribution in [3.63, 3.8) is 0 Å². The van der Waals surface area contributed by atoms with Crippen LogP contribution in [0.5, 0.6) is 0 Å². The van der Waals surface area contributed by atoms with Crippen LogP contribution in [0.4, 0.5) is 18.9 Å². The highest BCUT2D eigenvalue weighted by molar-refractivity contribution is 7.80. The second kappa shape index (κ2) is 7.41. The molecular weight excluding hydrogens is 395 g/mol. The van der Waals surface area contributed by atoms with Gasteiger partial charge < -0.3 is 10.2 Å². The number of rotatable bonds is 2. The zero-order valence-corrected chi connectivity index (χ0v) is 17.3. The summed E-state index contributed by atoms with van der Waals surface area (Å²) in [5.41, 5.74) is -0.259. The molecule has 29 heavy (non-hydrogen) atoms. The number of anilines is 1. The zero-order valence-electron chi connectivity index (χ0n) is 16.5. The van der Waals surface area contributed by atoms with Gasteiger partial charge in [-0.1, -0.05) is 6.07 Å². The number of hydrogen-bond donors (Lipinski definition) is 1. The van der Waals surface area contributed by atoms with Gasteiger partial charge in [-0.25, -0.2) is 0 Å². The summed E-state index contributed by atoms with van der Waals surface area (Å²) in [4.78, 5) is 4.79. The smallest absolute Gasteiger partial charge is 0.346 e. The fourth-order valence-corrected chi connectivity index (χ4v) is 6.99. The summed E-state index contributed by atoms with van der Waals surface area (Å²) < 4.78 is 38.8. The van der Waals surface area contributed by atoms with Gasteiger partial charge in [0.05, 0.1) is 5.56 Å². The zero-order chi connectivity index (χ0) is 20.2. The predicted molar refractivity (Wildman–Crippen MR) is 112 cm³/mol. The van der Waals surface area contributed by atoms with Crippen LogP contribution < -0.4 is 5.32 Å². The monoisotopic (exact) mass is 423 g/mol. The SMILES string of the molecule is FC(F)(F)c1cccc(NC(=S)N2CCN(C3C4CC5CC(C4)CC3C5)CC2)c1. The van der Waals surface area contributed by atoms with E-state index in [0.29, 0.717) is 10.8 Å². The average molecular weight is 424 g/mol. The lowest BCUT2D eigenvalue weighted by Crippen LogP contribution is -2.60. The van der Waals surface area contributed by atoms with Gasteiger partial charge in [0.2, 0.25) is 0 Å². The summed E-state index contributed by atoms with van der Waals surface area (Å²) in [6.07, 6.45) is 2.83. The molecule has 1 aromatic carbocycles. The Morgan fingerprint density at radius 3 is 2.14 bits per heavy atom. The molecule has 0 spiro atoms. The predicted octanol–water partition coefficient (Wildman–Crippen LogP) is 4.84.